The Morgan fingerprint density at radius 3 is 2.35 bits per heavy atom. The first-order valence-electron chi connectivity index (χ1n) is 5.76. The van der Waals surface area contributed by atoms with Crippen molar-refractivity contribution in [3.05, 3.63) is 0 Å². The largest absolute Gasteiger partial charge is 0.469 e. The van der Waals surface area contributed by atoms with E-state index in [9.17, 15) is 9.59 Å². The molecule has 1 rings (SSSR count). The topological polar surface area (TPSA) is 49.9 Å². The minimum Gasteiger partial charge on any atom is -0.469 e. The Bertz CT molecular complexity index is 276. The molecule has 0 N–H and O–H groups in total. The Morgan fingerprint density at radius 2 is 1.88 bits per heavy atom. The molecule has 1 amide bonds. The summed E-state index contributed by atoms with van der Waals surface area (Å²) in [5, 5.41) is 0. The maximum Gasteiger partial charge on any atom is 0.306 e. The van der Waals surface area contributed by atoms with Gasteiger partial charge in [0.15, 0.2) is 0 Å². The molecule has 17 heavy (non-hydrogen) atoms. The SMILES string of the molecule is COC(=O)CCN1CCN(C(=O)C(C)Br)CC1. The van der Waals surface area contributed by atoms with Gasteiger partial charge >= 0.3 is 5.97 Å². The molecule has 0 spiro atoms. The molecule has 6 heteroatoms. The van der Waals surface area contributed by atoms with Gasteiger partial charge < -0.3 is 9.64 Å². The summed E-state index contributed by atoms with van der Waals surface area (Å²) in [6.45, 7) is 5.65. The van der Waals surface area contributed by atoms with Crippen LogP contribution in [-0.2, 0) is 14.3 Å². The van der Waals surface area contributed by atoms with Crippen molar-refractivity contribution in [2.75, 3.05) is 39.8 Å². The van der Waals surface area contributed by atoms with E-state index in [1.807, 2.05) is 11.8 Å². The summed E-state index contributed by atoms with van der Waals surface area (Å²) in [6, 6.07) is 0. The Morgan fingerprint density at radius 1 is 1.29 bits per heavy atom. The average molecular weight is 307 g/mol. The van der Waals surface area contributed by atoms with Crippen molar-refractivity contribution in [1.29, 1.82) is 0 Å². The van der Waals surface area contributed by atoms with Crippen LogP contribution in [0, 0.1) is 0 Å². The molecule has 1 aliphatic rings. The van der Waals surface area contributed by atoms with Crippen molar-refractivity contribution in [2.24, 2.45) is 0 Å². The van der Waals surface area contributed by atoms with Gasteiger partial charge in [-0.3, -0.25) is 14.5 Å². The molecule has 0 bridgehead atoms. The number of carbonyl (C=O) groups is 2. The van der Waals surface area contributed by atoms with E-state index in [0.29, 0.717) is 13.0 Å². The summed E-state index contributed by atoms with van der Waals surface area (Å²) in [5.41, 5.74) is 0. The lowest BCUT2D eigenvalue weighted by atomic mass is 10.2. The number of esters is 1. The van der Waals surface area contributed by atoms with E-state index < -0.39 is 0 Å². The number of carbonyl (C=O) groups excluding carboxylic acids is 2. The van der Waals surface area contributed by atoms with Gasteiger partial charge in [0.2, 0.25) is 5.91 Å². The van der Waals surface area contributed by atoms with E-state index in [-0.39, 0.29) is 16.7 Å². The van der Waals surface area contributed by atoms with Gasteiger partial charge in [-0.2, -0.15) is 0 Å². The van der Waals surface area contributed by atoms with Gasteiger partial charge in [0, 0.05) is 32.7 Å². The molecular formula is C11H19BrN2O3. The molecule has 0 aromatic heterocycles. The molecule has 0 aromatic rings. The van der Waals surface area contributed by atoms with Crippen molar-refractivity contribution >= 4 is 27.8 Å². The number of hydrogen-bond donors (Lipinski definition) is 0. The van der Waals surface area contributed by atoms with Gasteiger partial charge in [-0.25, -0.2) is 0 Å². The van der Waals surface area contributed by atoms with Crippen LogP contribution in [0.25, 0.3) is 0 Å². The maximum absolute atomic E-state index is 11.7. The lowest BCUT2D eigenvalue weighted by molar-refractivity contribution is -0.141. The fourth-order valence-electron chi connectivity index (χ4n) is 1.79. The number of rotatable bonds is 4. The number of methoxy groups -OCH3 is 1. The third kappa shape index (κ3) is 4.63. The van der Waals surface area contributed by atoms with Crippen molar-refractivity contribution in [3.63, 3.8) is 0 Å². The van der Waals surface area contributed by atoms with E-state index >= 15 is 0 Å². The first-order valence-corrected chi connectivity index (χ1v) is 6.68. The molecule has 0 saturated carbocycles. The van der Waals surface area contributed by atoms with Crippen molar-refractivity contribution in [3.8, 4) is 0 Å². The second-order valence-electron chi connectivity index (χ2n) is 4.11. The standard InChI is InChI=1S/C11H19BrN2O3/c1-9(12)11(16)14-7-5-13(6-8-14)4-3-10(15)17-2/h9H,3-8H2,1-2H3. The molecule has 1 fully saturated rings. The third-order valence-electron chi connectivity index (χ3n) is 2.88. The van der Waals surface area contributed by atoms with Crippen LogP contribution in [0.1, 0.15) is 13.3 Å². The van der Waals surface area contributed by atoms with Crippen molar-refractivity contribution < 1.29 is 14.3 Å². The van der Waals surface area contributed by atoms with Gasteiger partial charge in [0.25, 0.3) is 0 Å². The molecule has 1 atom stereocenters. The van der Waals surface area contributed by atoms with E-state index in [2.05, 4.69) is 25.6 Å². The molecule has 5 nitrogen and oxygen atoms in total. The summed E-state index contributed by atoms with van der Waals surface area (Å²) in [4.78, 5) is 26.6. The predicted molar refractivity (Wildman–Crippen MR) is 68.0 cm³/mol. The minimum absolute atomic E-state index is 0.121. The molecule has 0 aromatic carbocycles. The quantitative estimate of drug-likeness (QED) is 0.560. The molecular weight excluding hydrogens is 288 g/mol. The zero-order valence-corrected chi connectivity index (χ0v) is 11.9. The lowest BCUT2D eigenvalue weighted by Gasteiger charge is -2.35. The van der Waals surface area contributed by atoms with Crippen LogP contribution in [0.5, 0.6) is 0 Å². The zero-order valence-electron chi connectivity index (χ0n) is 10.3. The molecule has 98 valence electrons. The first kappa shape index (κ1) is 14.4. The Hall–Kier alpha value is -0.620. The van der Waals surface area contributed by atoms with Gasteiger partial charge in [-0.05, 0) is 6.92 Å². The normalized spacial score (nSPS) is 18.9. The Kier molecular flexibility index (Phi) is 5.91. The highest BCUT2D eigenvalue weighted by Crippen LogP contribution is 2.08. The van der Waals surface area contributed by atoms with Crippen LogP contribution in [0.3, 0.4) is 0 Å². The summed E-state index contributed by atoms with van der Waals surface area (Å²) < 4.78 is 4.60. The van der Waals surface area contributed by atoms with Crippen LogP contribution in [0.2, 0.25) is 0 Å². The number of nitrogens with zero attached hydrogens (tertiary/aromatic N) is 2. The van der Waals surface area contributed by atoms with Crippen LogP contribution < -0.4 is 0 Å². The van der Waals surface area contributed by atoms with Crippen molar-refractivity contribution in [2.45, 2.75) is 18.2 Å². The number of piperazine rings is 1. The summed E-state index contributed by atoms with van der Waals surface area (Å²) in [5.74, 6) is -0.0461. The fraction of sp³-hybridized carbons (Fsp3) is 0.818. The fourth-order valence-corrected chi connectivity index (χ4v) is 2.08. The molecule has 1 unspecified atom stereocenters. The van der Waals surface area contributed by atoms with E-state index in [1.165, 1.54) is 7.11 Å². The predicted octanol–water partition coefficient (Wildman–Crippen LogP) is 0.477. The second kappa shape index (κ2) is 6.96. The second-order valence-corrected chi connectivity index (χ2v) is 5.48. The molecule has 0 radical (unpaired) electrons. The van der Waals surface area contributed by atoms with Crippen LogP contribution >= 0.6 is 15.9 Å². The molecule has 1 heterocycles. The average Bonchev–Trinajstić information content (AvgIpc) is 2.35. The highest BCUT2D eigenvalue weighted by atomic mass is 79.9. The minimum atomic E-state index is -0.183. The molecule has 1 saturated heterocycles. The number of hydrogen-bond acceptors (Lipinski definition) is 4. The Labute approximate surface area is 110 Å². The number of ether oxygens (including phenoxy) is 1. The first-order chi connectivity index (χ1) is 8.04. The third-order valence-corrected chi connectivity index (χ3v) is 3.28. The van der Waals surface area contributed by atoms with Gasteiger partial charge in [-0.15, -0.1) is 0 Å². The number of alkyl halides is 1. The van der Waals surface area contributed by atoms with Gasteiger partial charge in [0.05, 0.1) is 18.4 Å². The van der Waals surface area contributed by atoms with Crippen molar-refractivity contribution in [1.82, 2.24) is 9.80 Å². The van der Waals surface area contributed by atoms with E-state index in [4.69, 9.17) is 0 Å². The van der Waals surface area contributed by atoms with Gasteiger partial charge in [-0.1, -0.05) is 15.9 Å². The van der Waals surface area contributed by atoms with Crippen LogP contribution in [-0.4, -0.2) is 66.3 Å². The summed E-state index contributed by atoms with van der Waals surface area (Å²) in [6.07, 6.45) is 0.416. The number of amides is 1. The summed E-state index contributed by atoms with van der Waals surface area (Å²) in [7, 11) is 1.40. The van der Waals surface area contributed by atoms with Crippen LogP contribution in [0.15, 0.2) is 0 Å². The molecule has 0 aliphatic carbocycles. The van der Waals surface area contributed by atoms with Crippen LogP contribution in [0.4, 0.5) is 0 Å². The zero-order chi connectivity index (χ0) is 12.8. The lowest BCUT2D eigenvalue weighted by Crippen LogP contribution is -2.50. The van der Waals surface area contributed by atoms with E-state index in [0.717, 1.165) is 26.2 Å². The van der Waals surface area contributed by atoms with Gasteiger partial charge in [0.1, 0.15) is 0 Å². The summed E-state index contributed by atoms with van der Waals surface area (Å²) >= 11 is 3.28. The molecule has 1 aliphatic heterocycles. The van der Waals surface area contributed by atoms with E-state index in [1.54, 1.807) is 0 Å². The monoisotopic (exact) mass is 306 g/mol. The number of halogens is 1. The maximum atomic E-state index is 11.7. The smallest absolute Gasteiger partial charge is 0.306 e. The Balaban J connectivity index is 2.26. The highest BCUT2D eigenvalue weighted by molar-refractivity contribution is 9.10. The highest BCUT2D eigenvalue weighted by Gasteiger charge is 2.23.